The lowest BCUT2D eigenvalue weighted by Crippen LogP contribution is -2.46. The molecule has 0 aromatic carbocycles. The van der Waals surface area contributed by atoms with Gasteiger partial charge in [-0.05, 0) is 38.8 Å². The van der Waals surface area contributed by atoms with E-state index in [1.165, 1.54) is 0 Å². The lowest BCUT2D eigenvalue weighted by molar-refractivity contribution is 0.265. The molecule has 1 saturated heterocycles. The van der Waals surface area contributed by atoms with Crippen molar-refractivity contribution in [2.24, 2.45) is 10.9 Å². The van der Waals surface area contributed by atoms with Crippen LogP contribution >= 0.6 is 0 Å². The van der Waals surface area contributed by atoms with Crippen LogP contribution < -0.4 is 15.5 Å². The molecular formula is C19H34N6. The first-order valence-electron chi connectivity index (χ1n) is 9.32. The molecule has 25 heavy (non-hydrogen) atoms. The van der Waals surface area contributed by atoms with Crippen molar-refractivity contribution in [3.8, 4) is 0 Å². The van der Waals surface area contributed by atoms with Gasteiger partial charge in [0.2, 0.25) is 0 Å². The molecule has 2 rings (SSSR count). The predicted molar refractivity (Wildman–Crippen MR) is 106 cm³/mol. The van der Waals surface area contributed by atoms with E-state index in [1.54, 1.807) is 0 Å². The van der Waals surface area contributed by atoms with E-state index in [9.17, 15) is 0 Å². The lowest BCUT2D eigenvalue weighted by atomic mass is 10.1. The van der Waals surface area contributed by atoms with Crippen LogP contribution in [0.4, 0.5) is 5.82 Å². The van der Waals surface area contributed by atoms with Crippen LogP contribution in [-0.2, 0) is 6.54 Å². The number of nitrogens with zero attached hydrogens (tertiary/aromatic N) is 4. The summed E-state index contributed by atoms with van der Waals surface area (Å²) in [7, 11) is 4.01. The van der Waals surface area contributed by atoms with Crippen molar-refractivity contribution in [2.75, 3.05) is 38.6 Å². The highest BCUT2D eigenvalue weighted by Gasteiger charge is 2.31. The van der Waals surface area contributed by atoms with Gasteiger partial charge in [-0.25, -0.2) is 9.98 Å². The van der Waals surface area contributed by atoms with Gasteiger partial charge in [0.05, 0.1) is 12.2 Å². The van der Waals surface area contributed by atoms with Gasteiger partial charge < -0.3 is 15.5 Å². The average Bonchev–Trinajstić information content (AvgIpc) is 2.94. The summed E-state index contributed by atoms with van der Waals surface area (Å²) in [5.41, 5.74) is 0.978. The summed E-state index contributed by atoms with van der Waals surface area (Å²) in [4.78, 5) is 13.9. The number of hydrogen-bond acceptors (Lipinski definition) is 4. The van der Waals surface area contributed by atoms with E-state index >= 15 is 0 Å². The third kappa shape index (κ3) is 5.59. The summed E-state index contributed by atoms with van der Waals surface area (Å²) < 4.78 is 0. The number of rotatable bonds is 6. The minimum atomic E-state index is 0.432. The molecule has 1 aromatic heterocycles. The zero-order valence-corrected chi connectivity index (χ0v) is 16.6. The van der Waals surface area contributed by atoms with Crippen molar-refractivity contribution in [3.63, 3.8) is 0 Å². The fourth-order valence-corrected chi connectivity index (χ4v) is 3.07. The quantitative estimate of drug-likeness (QED) is 0.609. The average molecular weight is 347 g/mol. The first kappa shape index (κ1) is 19.5. The molecule has 0 aliphatic carbocycles. The molecule has 2 unspecified atom stereocenters. The van der Waals surface area contributed by atoms with Crippen LogP contribution in [0, 0.1) is 5.92 Å². The summed E-state index contributed by atoms with van der Waals surface area (Å²) in [5, 5.41) is 6.98. The van der Waals surface area contributed by atoms with Crippen LogP contribution in [0.2, 0.25) is 0 Å². The molecule has 2 heterocycles. The molecule has 140 valence electrons. The smallest absolute Gasteiger partial charge is 0.191 e. The fourth-order valence-electron chi connectivity index (χ4n) is 3.07. The Kier molecular flexibility index (Phi) is 7.05. The molecule has 0 bridgehead atoms. The first-order chi connectivity index (χ1) is 11.9. The van der Waals surface area contributed by atoms with E-state index in [1.807, 2.05) is 37.2 Å². The SMILES string of the molecule is CCNC(=NCc1cccc(N(C)C)n1)NC1CN(C(C)C)CC1C. The van der Waals surface area contributed by atoms with Crippen molar-refractivity contribution in [3.05, 3.63) is 23.9 Å². The number of hydrogen-bond donors (Lipinski definition) is 2. The Bertz CT molecular complexity index is 569. The van der Waals surface area contributed by atoms with Gasteiger partial charge in [-0.15, -0.1) is 0 Å². The van der Waals surface area contributed by atoms with E-state index < -0.39 is 0 Å². The van der Waals surface area contributed by atoms with Gasteiger partial charge in [-0.3, -0.25) is 4.90 Å². The number of anilines is 1. The van der Waals surface area contributed by atoms with Gasteiger partial charge in [-0.2, -0.15) is 0 Å². The molecule has 2 N–H and O–H groups in total. The molecule has 0 spiro atoms. The molecule has 2 atom stereocenters. The molecule has 1 aliphatic rings. The van der Waals surface area contributed by atoms with Crippen molar-refractivity contribution >= 4 is 11.8 Å². The molecule has 6 nitrogen and oxygen atoms in total. The third-order valence-electron chi connectivity index (χ3n) is 4.69. The van der Waals surface area contributed by atoms with Crippen molar-refractivity contribution in [2.45, 2.75) is 46.3 Å². The van der Waals surface area contributed by atoms with E-state index in [0.717, 1.165) is 37.1 Å². The predicted octanol–water partition coefficient (Wildman–Crippen LogP) is 1.93. The number of likely N-dealkylation sites (tertiary alicyclic amines) is 1. The van der Waals surface area contributed by atoms with Crippen LogP contribution in [0.15, 0.2) is 23.2 Å². The topological polar surface area (TPSA) is 55.8 Å². The highest BCUT2D eigenvalue weighted by molar-refractivity contribution is 5.80. The normalized spacial score (nSPS) is 21.6. The summed E-state index contributed by atoms with van der Waals surface area (Å²) in [6.07, 6.45) is 0. The van der Waals surface area contributed by atoms with E-state index in [2.05, 4.69) is 48.2 Å². The fraction of sp³-hybridized carbons (Fsp3) is 0.684. The van der Waals surface area contributed by atoms with Crippen LogP contribution in [0.5, 0.6) is 0 Å². The third-order valence-corrected chi connectivity index (χ3v) is 4.69. The van der Waals surface area contributed by atoms with Crippen molar-refractivity contribution < 1.29 is 0 Å². The zero-order valence-electron chi connectivity index (χ0n) is 16.6. The minimum Gasteiger partial charge on any atom is -0.363 e. The lowest BCUT2D eigenvalue weighted by Gasteiger charge is -2.22. The molecule has 1 fully saturated rings. The van der Waals surface area contributed by atoms with E-state index in [-0.39, 0.29) is 0 Å². The van der Waals surface area contributed by atoms with Gasteiger partial charge in [-0.1, -0.05) is 13.0 Å². The number of guanidine groups is 1. The molecule has 1 aromatic rings. The summed E-state index contributed by atoms with van der Waals surface area (Å²) in [6, 6.07) is 7.09. The second-order valence-electron chi connectivity index (χ2n) is 7.35. The maximum Gasteiger partial charge on any atom is 0.191 e. The standard InChI is InChI=1S/C19H34N6/c1-7-20-19(23-17-13-25(14(2)3)12-15(17)4)21-11-16-9-8-10-18(22-16)24(5)6/h8-10,14-15,17H,7,11-13H2,1-6H3,(H2,20,21,23). The molecule has 1 aliphatic heterocycles. The van der Waals surface area contributed by atoms with E-state index in [4.69, 9.17) is 4.99 Å². The maximum absolute atomic E-state index is 4.75. The molecule has 0 radical (unpaired) electrons. The Morgan fingerprint density at radius 3 is 2.72 bits per heavy atom. The van der Waals surface area contributed by atoms with Gasteiger partial charge in [0, 0.05) is 45.8 Å². The van der Waals surface area contributed by atoms with Gasteiger partial charge in [0.25, 0.3) is 0 Å². The first-order valence-corrected chi connectivity index (χ1v) is 9.32. The Hall–Kier alpha value is -1.82. The van der Waals surface area contributed by atoms with Crippen molar-refractivity contribution in [1.29, 1.82) is 0 Å². The number of aliphatic imine (C=N–C) groups is 1. The summed E-state index contributed by atoms with van der Waals surface area (Å²) in [5.74, 6) is 2.45. The Balaban J connectivity index is 2.02. The van der Waals surface area contributed by atoms with Gasteiger partial charge in [0.1, 0.15) is 5.82 Å². The molecular weight excluding hydrogens is 312 g/mol. The number of pyridine rings is 1. The van der Waals surface area contributed by atoms with E-state index in [0.29, 0.717) is 24.5 Å². The summed E-state index contributed by atoms with van der Waals surface area (Å²) >= 11 is 0. The Morgan fingerprint density at radius 2 is 2.12 bits per heavy atom. The second-order valence-corrected chi connectivity index (χ2v) is 7.35. The Morgan fingerprint density at radius 1 is 1.36 bits per heavy atom. The zero-order chi connectivity index (χ0) is 18.4. The monoisotopic (exact) mass is 346 g/mol. The number of aromatic nitrogens is 1. The van der Waals surface area contributed by atoms with Crippen LogP contribution in [-0.4, -0.2) is 61.7 Å². The van der Waals surface area contributed by atoms with Crippen LogP contribution in [0.1, 0.15) is 33.4 Å². The second kappa shape index (κ2) is 9.04. The summed E-state index contributed by atoms with van der Waals surface area (Å²) in [6.45, 7) is 12.6. The van der Waals surface area contributed by atoms with Crippen LogP contribution in [0.3, 0.4) is 0 Å². The number of nitrogens with one attached hydrogen (secondary N) is 2. The maximum atomic E-state index is 4.75. The Labute approximate surface area is 152 Å². The molecule has 6 heteroatoms. The van der Waals surface area contributed by atoms with Crippen LogP contribution in [0.25, 0.3) is 0 Å². The van der Waals surface area contributed by atoms with Crippen molar-refractivity contribution in [1.82, 2.24) is 20.5 Å². The highest BCUT2D eigenvalue weighted by Crippen LogP contribution is 2.18. The largest absolute Gasteiger partial charge is 0.363 e. The van der Waals surface area contributed by atoms with Gasteiger partial charge in [0.15, 0.2) is 5.96 Å². The molecule has 0 amide bonds. The van der Waals surface area contributed by atoms with Gasteiger partial charge >= 0.3 is 0 Å². The highest BCUT2D eigenvalue weighted by atomic mass is 15.3. The minimum absolute atomic E-state index is 0.432. The molecule has 0 saturated carbocycles.